The third-order valence-electron chi connectivity index (χ3n) is 8.21. The van der Waals surface area contributed by atoms with Crippen LogP contribution in [0.15, 0.2) is 30.3 Å². The van der Waals surface area contributed by atoms with Crippen molar-refractivity contribution in [3.8, 4) is 11.5 Å². The number of phenols is 2. The molecule has 5 heteroatoms. The second kappa shape index (κ2) is 6.55. The molecule has 3 N–H and O–H groups in total. The summed E-state index contributed by atoms with van der Waals surface area (Å²) in [4.78, 5) is 2.55. The Bertz CT molecular complexity index is 978. The van der Waals surface area contributed by atoms with Crippen molar-refractivity contribution in [3.63, 3.8) is 0 Å². The van der Waals surface area contributed by atoms with Crippen LogP contribution in [0.3, 0.4) is 0 Å². The van der Waals surface area contributed by atoms with E-state index in [0.717, 1.165) is 19.4 Å². The Balaban J connectivity index is 1.61. The number of hydrogen-bond donors (Lipinski definition) is 3. The monoisotopic (exact) mass is 412 g/mol. The van der Waals surface area contributed by atoms with Gasteiger partial charge >= 0.3 is 0 Å². The normalized spacial score (nSPS) is 31.1. The number of likely N-dealkylation sites (N-methyl/N-ethyl adjacent to an activating group) is 1. The van der Waals surface area contributed by atoms with Crippen LogP contribution in [-0.2, 0) is 11.8 Å². The minimum absolute atomic E-state index is 0.00124. The zero-order chi connectivity index (χ0) is 20.4. The number of likely N-dealkylation sites (tertiary alicyclic amines) is 1. The van der Waals surface area contributed by atoms with Crippen LogP contribution in [0.2, 0.25) is 5.02 Å². The van der Waals surface area contributed by atoms with E-state index in [1.165, 1.54) is 36.8 Å². The van der Waals surface area contributed by atoms with Gasteiger partial charge in [-0.3, -0.25) is 0 Å². The van der Waals surface area contributed by atoms with E-state index in [1.807, 2.05) is 6.07 Å². The average molecular weight is 413 g/mol. The smallest absolute Gasteiger partial charge is 0.157 e. The number of para-hydroxylation sites is 1. The number of rotatable bonds is 2. The van der Waals surface area contributed by atoms with Crippen LogP contribution >= 0.6 is 11.6 Å². The number of nitrogens with zero attached hydrogens (tertiary/aromatic N) is 1. The Morgan fingerprint density at radius 1 is 1.10 bits per heavy atom. The van der Waals surface area contributed by atoms with E-state index in [4.69, 9.17) is 11.6 Å². The van der Waals surface area contributed by atoms with E-state index in [9.17, 15) is 10.2 Å². The van der Waals surface area contributed by atoms with Gasteiger partial charge in [0.05, 0.1) is 16.4 Å². The third kappa shape index (κ3) is 2.62. The number of anilines is 2. The van der Waals surface area contributed by atoms with Crippen molar-refractivity contribution in [1.29, 1.82) is 0 Å². The number of piperidine rings is 1. The Labute approximate surface area is 177 Å². The number of halogens is 1. The van der Waals surface area contributed by atoms with Crippen molar-refractivity contribution in [2.45, 2.75) is 56.9 Å². The average Bonchev–Trinajstić information content (AvgIpc) is 2.69. The highest BCUT2D eigenvalue weighted by Crippen LogP contribution is 2.63. The Morgan fingerprint density at radius 2 is 1.90 bits per heavy atom. The van der Waals surface area contributed by atoms with Crippen molar-refractivity contribution in [1.82, 2.24) is 4.90 Å². The van der Waals surface area contributed by atoms with Gasteiger partial charge in [-0.2, -0.15) is 0 Å². The molecule has 2 aromatic rings. The van der Waals surface area contributed by atoms with Crippen molar-refractivity contribution in [2.75, 3.05) is 18.9 Å². The van der Waals surface area contributed by atoms with Gasteiger partial charge < -0.3 is 20.4 Å². The van der Waals surface area contributed by atoms with E-state index in [-0.39, 0.29) is 22.3 Å². The molecule has 0 amide bonds. The molecule has 2 bridgehead atoms. The largest absolute Gasteiger partial charge is 0.506 e. The fourth-order valence-electron chi connectivity index (χ4n) is 6.62. The summed E-state index contributed by atoms with van der Waals surface area (Å²) >= 11 is 6.05. The summed E-state index contributed by atoms with van der Waals surface area (Å²) in [6.45, 7) is 3.61. The van der Waals surface area contributed by atoms with Gasteiger partial charge in [-0.15, -0.1) is 0 Å². The maximum absolute atomic E-state index is 10.9. The van der Waals surface area contributed by atoms with Crippen molar-refractivity contribution >= 4 is 23.0 Å². The standard InChI is InChI=1S/C24H29ClN2O2/c1-23-8-3-4-9-24(23)10-11-27(2)21(23)13-15-12-19(20(28)14-16(15)24)26-18-7-5-6-17(25)22(18)29/h5-7,12,14,21,26,28-29H,3-4,8-11,13H2,1-2H3/t21-,23+,24+/m0/s1. The van der Waals surface area contributed by atoms with Crippen LogP contribution in [0, 0.1) is 5.41 Å². The zero-order valence-electron chi connectivity index (χ0n) is 17.1. The molecule has 0 spiro atoms. The van der Waals surface area contributed by atoms with Gasteiger partial charge in [0.15, 0.2) is 5.75 Å². The Morgan fingerprint density at radius 3 is 2.72 bits per heavy atom. The second-order valence-corrected chi connectivity index (χ2v) is 9.85. The van der Waals surface area contributed by atoms with E-state index in [2.05, 4.69) is 30.3 Å². The summed E-state index contributed by atoms with van der Waals surface area (Å²) in [5.41, 5.74) is 4.21. The molecule has 3 aliphatic rings. The molecule has 1 heterocycles. The molecular weight excluding hydrogens is 384 g/mol. The number of aromatic hydroxyl groups is 2. The number of hydrogen-bond acceptors (Lipinski definition) is 4. The van der Waals surface area contributed by atoms with E-state index >= 15 is 0 Å². The lowest BCUT2D eigenvalue weighted by atomic mass is 9.45. The highest BCUT2D eigenvalue weighted by molar-refractivity contribution is 6.32. The lowest BCUT2D eigenvalue weighted by molar-refractivity contribution is -0.0735. The van der Waals surface area contributed by atoms with Gasteiger partial charge in [-0.25, -0.2) is 0 Å². The summed E-state index contributed by atoms with van der Waals surface area (Å²) in [6, 6.07) is 9.82. The second-order valence-electron chi connectivity index (χ2n) is 9.44. The highest BCUT2D eigenvalue weighted by atomic mass is 35.5. The fourth-order valence-corrected chi connectivity index (χ4v) is 6.80. The van der Waals surface area contributed by atoms with Crippen molar-refractivity contribution in [3.05, 3.63) is 46.5 Å². The molecule has 1 saturated carbocycles. The van der Waals surface area contributed by atoms with Crippen LogP contribution in [-0.4, -0.2) is 34.7 Å². The number of benzene rings is 2. The molecule has 154 valence electrons. The summed E-state index contributed by atoms with van der Waals surface area (Å²) in [6.07, 6.45) is 7.20. The van der Waals surface area contributed by atoms with Gasteiger partial charge in [0.1, 0.15) is 5.75 Å². The fraction of sp³-hybridized carbons (Fsp3) is 0.500. The van der Waals surface area contributed by atoms with Gasteiger partial charge in [-0.1, -0.05) is 37.4 Å². The minimum atomic E-state index is 0.00124. The minimum Gasteiger partial charge on any atom is -0.506 e. The van der Waals surface area contributed by atoms with Crippen LogP contribution in [0.25, 0.3) is 0 Å². The molecule has 2 aromatic carbocycles. The topological polar surface area (TPSA) is 55.7 Å². The van der Waals surface area contributed by atoms with Crippen LogP contribution in [0.5, 0.6) is 11.5 Å². The lowest BCUT2D eigenvalue weighted by Gasteiger charge is -2.65. The molecule has 1 saturated heterocycles. The maximum Gasteiger partial charge on any atom is 0.157 e. The van der Waals surface area contributed by atoms with Gasteiger partial charge in [-0.05, 0) is 80.1 Å². The Hall–Kier alpha value is -1.91. The molecule has 29 heavy (non-hydrogen) atoms. The molecule has 2 aliphatic carbocycles. The van der Waals surface area contributed by atoms with E-state index in [1.54, 1.807) is 18.2 Å². The van der Waals surface area contributed by atoms with Crippen LogP contribution < -0.4 is 5.32 Å². The first-order valence-corrected chi connectivity index (χ1v) is 11.0. The molecule has 0 unspecified atom stereocenters. The first-order chi connectivity index (χ1) is 13.9. The summed E-state index contributed by atoms with van der Waals surface area (Å²) in [5, 5.41) is 24.7. The molecular formula is C24H29ClN2O2. The van der Waals surface area contributed by atoms with Gasteiger partial charge in [0, 0.05) is 11.5 Å². The van der Waals surface area contributed by atoms with Crippen molar-refractivity contribution < 1.29 is 10.2 Å². The van der Waals surface area contributed by atoms with Crippen LogP contribution in [0.1, 0.15) is 50.2 Å². The van der Waals surface area contributed by atoms with Gasteiger partial charge in [0.2, 0.25) is 0 Å². The maximum atomic E-state index is 10.9. The molecule has 2 fully saturated rings. The molecule has 0 radical (unpaired) electrons. The van der Waals surface area contributed by atoms with Gasteiger partial charge in [0.25, 0.3) is 0 Å². The first-order valence-electron chi connectivity index (χ1n) is 10.7. The molecule has 0 aromatic heterocycles. The van der Waals surface area contributed by atoms with Crippen LogP contribution in [0.4, 0.5) is 11.4 Å². The van der Waals surface area contributed by atoms with Crippen molar-refractivity contribution in [2.24, 2.45) is 5.41 Å². The molecule has 5 rings (SSSR count). The lowest BCUT2D eigenvalue weighted by Crippen LogP contribution is -2.66. The SMILES string of the molecule is CN1CC[C@@]23CCCC[C@]2(C)[C@@H]1Cc1cc(Nc2cccc(Cl)c2O)c(O)cc13. The molecule has 4 nitrogen and oxygen atoms in total. The predicted molar refractivity (Wildman–Crippen MR) is 117 cm³/mol. The number of nitrogens with one attached hydrogen (secondary N) is 1. The van der Waals surface area contributed by atoms with E-state index < -0.39 is 0 Å². The number of phenolic OH excluding ortho intramolecular Hbond substituents is 2. The highest BCUT2D eigenvalue weighted by Gasteiger charge is 2.60. The van der Waals surface area contributed by atoms with E-state index in [0.29, 0.717) is 22.4 Å². The zero-order valence-corrected chi connectivity index (χ0v) is 17.9. The summed E-state index contributed by atoms with van der Waals surface area (Å²) in [7, 11) is 2.27. The summed E-state index contributed by atoms with van der Waals surface area (Å²) in [5.74, 6) is 0.240. The predicted octanol–water partition coefficient (Wildman–Crippen LogP) is 5.57. The molecule has 1 aliphatic heterocycles. The summed E-state index contributed by atoms with van der Waals surface area (Å²) < 4.78 is 0. The third-order valence-corrected chi connectivity index (χ3v) is 8.51. The quantitative estimate of drug-likeness (QED) is 0.564. The number of fused-ring (bicyclic) bond motifs is 1. The Kier molecular flexibility index (Phi) is 4.31. The first kappa shape index (κ1) is 19.1. The molecule has 3 atom stereocenters.